The average molecular weight is 488 g/mol. The molecule has 7 N–H and O–H groups in total. The normalized spacial score (nSPS) is 15.1. The number of aromatic nitrogens is 2. The molecule has 0 unspecified atom stereocenters. The molecule has 1 fully saturated rings. The van der Waals surface area contributed by atoms with Crippen molar-refractivity contribution in [3.63, 3.8) is 0 Å². The van der Waals surface area contributed by atoms with Crippen LogP contribution < -0.4 is 32.5 Å². The van der Waals surface area contributed by atoms with Crippen molar-refractivity contribution in [3.05, 3.63) is 41.2 Å². The molecule has 35 heavy (non-hydrogen) atoms. The third-order valence-electron chi connectivity index (χ3n) is 5.32. The van der Waals surface area contributed by atoms with E-state index >= 15 is 0 Å². The van der Waals surface area contributed by atoms with Gasteiger partial charge in [0.05, 0.1) is 31.7 Å². The van der Waals surface area contributed by atoms with E-state index < -0.39 is 5.91 Å². The summed E-state index contributed by atoms with van der Waals surface area (Å²) in [5.41, 5.74) is 15.3. The Morgan fingerprint density at radius 3 is 2.66 bits per heavy atom. The molecule has 1 aliphatic rings. The number of carbonyl (C=O) groups excluding carboxylic acids is 1. The second kappa shape index (κ2) is 13.3. The molecule has 1 saturated heterocycles. The molecule has 0 saturated carbocycles. The van der Waals surface area contributed by atoms with Crippen molar-refractivity contribution in [2.45, 2.75) is 26.2 Å². The minimum atomic E-state index is -0.633. The van der Waals surface area contributed by atoms with Gasteiger partial charge >= 0.3 is 0 Å². The number of ether oxygens (including phenoxy) is 2. The molecule has 2 heterocycles. The Hall–Kier alpha value is -3.68. The van der Waals surface area contributed by atoms with E-state index in [1.807, 2.05) is 29.2 Å². The molecule has 3 rings (SSSR count). The fourth-order valence-corrected chi connectivity index (χ4v) is 3.30. The number of nitrogens with zero attached hydrogens (tertiary/aromatic N) is 5. The first-order valence-corrected chi connectivity index (χ1v) is 11.5. The monoisotopic (exact) mass is 487 g/mol. The molecule has 1 aromatic carbocycles. The first kappa shape index (κ1) is 25.9. The Bertz CT molecular complexity index is 1000. The Kier molecular flexibility index (Phi) is 9.83. The highest BCUT2D eigenvalue weighted by atomic mass is 16.6. The van der Waals surface area contributed by atoms with Crippen molar-refractivity contribution >= 4 is 23.8 Å². The number of carbonyl (C=O) groups is 1. The predicted molar refractivity (Wildman–Crippen MR) is 131 cm³/mol. The van der Waals surface area contributed by atoms with Gasteiger partial charge in [0, 0.05) is 19.6 Å². The quantitative estimate of drug-likeness (QED) is 0.108. The second-order valence-electron chi connectivity index (χ2n) is 7.92. The van der Waals surface area contributed by atoms with Crippen LogP contribution in [0, 0.1) is 0 Å². The van der Waals surface area contributed by atoms with Gasteiger partial charge in [-0.1, -0.05) is 19.8 Å². The number of hydrogen-bond acceptors (Lipinski definition) is 12. The standard InChI is InChI=1S/C22H33N9O4/c1-2-3-4-11-34-17-7-5-16(6-8-17)14-26-27-22(32)19(23)18(15-30-9-12-33-13-10-30)31(25)21-20(24)28-35-29-21/h5-8,14H,2-4,9-13,15,23,25H2,1H3,(H2,24,28)(H,27,32)/b19-18-,26-14+. The summed E-state index contributed by atoms with van der Waals surface area (Å²) in [6.45, 7) is 5.51. The molecule has 1 aromatic heterocycles. The van der Waals surface area contributed by atoms with E-state index in [0.29, 0.717) is 32.9 Å². The van der Waals surface area contributed by atoms with Gasteiger partial charge in [-0.05, 0) is 46.6 Å². The molecule has 0 spiro atoms. The molecule has 13 heteroatoms. The van der Waals surface area contributed by atoms with Crippen LogP contribution in [0.25, 0.3) is 0 Å². The van der Waals surface area contributed by atoms with Gasteiger partial charge in [0.15, 0.2) is 0 Å². The first-order chi connectivity index (χ1) is 17.0. The van der Waals surface area contributed by atoms with Crippen molar-refractivity contribution in [3.8, 4) is 5.75 Å². The van der Waals surface area contributed by atoms with Gasteiger partial charge in [-0.25, -0.2) is 15.9 Å². The fourth-order valence-electron chi connectivity index (χ4n) is 3.30. The van der Waals surface area contributed by atoms with Crippen LogP contribution >= 0.6 is 0 Å². The van der Waals surface area contributed by atoms with Crippen molar-refractivity contribution in [2.24, 2.45) is 16.7 Å². The van der Waals surface area contributed by atoms with Gasteiger partial charge in [-0.3, -0.25) is 14.7 Å². The number of unbranched alkanes of at least 4 members (excludes halogenated alkanes) is 2. The lowest BCUT2D eigenvalue weighted by Gasteiger charge is -2.30. The smallest absolute Gasteiger partial charge is 0.289 e. The number of morpholine rings is 1. The molecular weight excluding hydrogens is 454 g/mol. The summed E-state index contributed by atoms with van der Waals surface area (Å²) < 4.78 is 15.7. The van der Waals surface area contributed by atoms with Crippen LogP contribution in [0.3, 0.4) is 0 Å². The molecule has 1 aliphatic heterocycles. The lowest BCUT2D eigenvalue weighted by atomic mass is 10.2. The third-order valence-corrected chi connectivity index (χ3v) is 5.32. The van der Waals surface area contributed by atoms with Gasteiger partial charge in [0.1, 0.15) is 11.4 Å². The average Bonchev–Trinajstić information content (AvgIpc) is 3.31. The van der Waals surface area contributed by atoms with Gasteiger partial charge in [0.25, 0.3) is 5.91 Å². The van der Waals surface area contributed by atoms with Crippen LogP contribution in [0.15, 0.2) is 45.4 Å². The number of anilines is 2. The van der Waals surface area contributed by atoms with E-state index in [4.69, 9.17) is 26.8 Å². The van der Waals surface area contributed by atoms with E-state index in [0.717, 1.165) is 35.6 Å². The highest BCUT2D eigenvalue weighted by Crippen LogP contribution is 2.21. The SMILES string of the molecule is CCCCCOc1ccc(/C=N/NC(=O)/C(N)=C(\CN2CCOCC2)N(N)c2nonc2N)cc1. The van der Waals surface area contributed by atoms with Crippen molar-refractivity contribution < 1.29 is 18.9 Å². The van der Waals surface area contributed by atoms with E-state index in [1.54, 1.807) is 0 Å². The van der Waals surface area contributed by atoms with E-state index in [-0.39, 0.29) is 29.6 Å². The lowest BCUT2D eigenvalue weighted by molar-refractivity contribution is -0.117. The summed E-state index contributed by atoms with van der Waals surface area (Å²) in [4.78, 5) is 14.8. The molecule has 190 valence electrons. The maximum Gasteiger partial charge on any atom is 0.289 e. The summed E-state index contributed by atoms with van der Waals surface area (Å²) in [6, 6.07) is 7.39. The molecule has 0 aliphatic carbocycles. The summed E-state index contributed by atoms with van der Waals surface area (Å²) in [5, 5.41) is 12.3. The van der Waals surface area contributed by atoms with Gasteiger partial charge in [-0.15, -0.1) is 0 Å². The Morgan fingerprint density at radius 2 is 2.00 bits per heavy atom. The summed E-state index contributed by atoms with van der Waals surface area (Å²) >= 11 is 0. The lowest BCUT2D eigenvalue weighted by Crippen LogP contribution is -2.45. The summed E-state index contributed by atoms with van der Waals surface area (Å²) in [5.74, 6) is 6.36. The topological polar surface area (TPSA) is 183 Å². The first-order valence-electron chi connectivity index (χ1n) is 11.5. The minimum absolute atomic E-state index is 0.0315. The molecule has 13 nitrogen and oxygen atoms in total. The van der Waals surface area contributed by atoms with E-state index in [2.05, 4.69) is 32.4 Å². The van der Waals surface area contributed by atoms with Gasteiger partial charge < -0.3 is 20.9 Å². The van der Waals surface area contributed by atoms with Crippen LogP contribution in [-0.4, -0.2) is 66.8 Å². The molecule has 0 radical (unpaired) electrons. The van der Waals surface area contributed by atoms with E-state index in [1.165, 1.54) is 6.21 Å². The number of nitrogens with one attached hydrogen (secondary N) is 1. The summed E-state index contributed by atoms with van der Waals surface area (Å²) in [6.07, 6.45) is 4.82. The van der Waals surface area contributed by atoms with Crippen LogP contribution in [0.4, 0.5) is 11.6 Å². The second-order valence-corrected chi connectivity index (χ2v) is 7.92. The zero-order valence-electron chi connectivity index (χ0n) is 19.9. The number of amides is 1. The minimum Gasteiger partial charge on any atom is -0.494 e. The Morgan fingerprint density at radius 1 is 1.26 bits per heavy atom. The van der Waals surface area contributed by atoms with Crippen LogP contribution in [-0.2, 0) is 9.53 Å². The fraction of sp³-hybridized carbons (Fsp3) is 0.455. The third kappa shape index (κ3) is 7.67. The number of hydrazone groups is 1. The van der Waals surface area contributed by atoms with Gasteiger partial charge in [-0.2, -0.15) is 5.10 Å². The number of nitrogen functional groups attached to an aromatic ring is 1. The maximum absolute atomic E-state index is 12.8. The van der Waals surface area contributed by atoms with Crippen LogP contribution in [0.1, 0.15) is 31.7 Å². The maximum atomic E-state index is 12.8. The predicted octanol–water partition coefficient (Wildman–Crippen LogP) is 0.554. The molecule has 2 aromatic rings. The number of nitrogens with two attached hydrogens (primary N) is 3. The number of hydrogen-bond donors (Lipinski definition) is 4. The molecular formula is C22H33N9O4. The van der Waals surface area contributed by atoms with E-state index in [9.17, 15) is 4.79 Å². The van der Waals surface area contributed by atoms with Crippen molar-refractivity contribution in [2.75, 3.05) is 50.2 Å². The highest BCUT2D eigenvalue weighted by Gasteiger charge is 2.25. The summed E-state index contributed by atoms with van der Waals surface area (Å²) in [7, 11) is 0. The highest BCUT2D eigenvalue weighted by molar-refractivity contribution is 5.94. The van der Waals surface area contributed by atoms with Gasteiger partial charge in [0.2, 0.25) is 11.6 Å². The van der Waals surface area contributed by atoms with Crippen LogP contribution in [0.5, 0.6) is 5.75 Å². The number of rotatable bonds is 12. The zero-order chi connectivity index (χ0) is 25.0. The van der Waals surface area contributed by atoms with Crippen molar-refractivity contribution in [1.82, 2.24) is 20.6 Å². The zero-order valence-corrected chi connectivity index (χ0v) is 19.9. The molecule has 1 amide bonds. The number of hydrazine groups is 1. The van der Waals surface area contributed by atoms with Crippen LogP contribution in [0.2, 0.25) is 0 Å². The molecule has 0 bridgehead atoms. The molecule has 0 atom stereocenters. The van der Waals surface area contributed by atoms with Crippen molar-refractivity contribution in [1.29, 1.82) is 0 Å². The number of benzene rings is 1. The largest absolute Gasteiger partial charge is 0.494 e. The Balaban J connectivity index is 1.65. The Labute approximate surface area is 203 Å².